The van der Waals surface area contributed by atoms with Crippen LogP contribution in [0.15, 0.2) is 6.20 Å². The number of rotatable bonds is 5. The van der Waals surface area contributed by atoms with E-state index >= 15 is 0 Å². The number of aryl methyl sites for hydroxylation is 2. The highest BCUT2D eigenvalue weighted by molar-refractivity contribution is 5.15. The Morgan fingerprint density at radius 3 is 2.89 bits per heavy atom. The summed E-state index contributed by atoms with van der Waals surface area (Å²) in [7, 11) is 2.00. The van der Waals surface area contributed by atoms with Crippen LogP contribution in [-0.2, 0) is 13.6 Å². The van der Waals surface area contributed by atoms with Gasteiger partial charge in [-0.25, -0.2) is 0 Å². The summed E-state index contributed by atoms with van der Waals surface area (Å²) in [6.07, 6.45) is 6.18. The monoisotopic (exact) mass is 250 g/mol. The van der Waals surface area contributed by atoms with E-state index in [4.69, 9.17) is 0 Å². The van der Waals surface area contributed by atoms with Gasteiger partial charge in [0.2, 0.25) is 0 Å². The highest BCUT2D eigenvalue weighted by Gasteiger charge is 2.16. The molecule has 1 N–H and O–H groups in total. The number of hydrogen-bond donors (Lipinski definition) is 1. The molecule has 1 aliphatic rings. The van der Waals surface area contributed by atoms with Gasteiger partial charge >= 0.3 is 0 Å². The first kappa shape index (κ1) is 13.6. The summed E-state index contributed by atoms with van der Waals surface area (Å²) in [5.41, 5.74) is 2.52. The predicted molar refractivity (Wildman–Crippen MR) is 74.5 cm³/mol. The van der Waals surface area contributed by atoms with Gasteiger partial charge in [0, 0.05) is 37.9 Å². The zero-order valence-corrected chi connectivity index (χ0v) is 11.9. The van der Waals surface area contributed by atoms with Gasteiger partial charge in [-0.2, -0.15) is 5.10 Å². The predicted octanol–water partition coefficient (Wildman–Crippen LogP) is 1.69. The molecule has 0 aromatic carbocycles. The summed E-state index contributed by atoms with van der Waals surface area (Å²) < 4.78 is 1.91. The van der Waals surface area contributed by atoms with Crippen molar-refractivity contribution in [3.8, 4) is 0 Å². The van der Waals surface area contributed by atoms with Gasteiger partial charge in [-0.05, 0) is 32.9 Å². The molecule has 2 heterocycles. The molecule has 1 aromatic rings. The van der Waals surface area contributed by atoms with Gasteiger partial charge in [-0.1, -0.05) is 13.3 Å². The fourth-order valence-electron chi connectivity index (χ4n) is 2.74. The average Bonchev–Trinajstić information content (AvgIpc) is 2.68. The first-order valence-electron chi connectivity index (χ1n) is 7.14. The Morgan fingerprint density at radius 1 is 1.50 bits per heavy atom. The Hall–Kier alpha value is -0.870. The molecule has 0 bridgehead atoms. The molecule has 4 heteroatoms. The largest absolute Gasteiger partial charge is 0.313 e. The maximum atomic E-state index is 4.42. The van der Waals surface area contributed by atoms with Gasteiger partial charge in [-0.3, -0.25) is 9.58 Å². The summed E-state index contributed by atoms with van der Waals surface area (Å²) in [6.45, 7) is 8.82. The molecule has 1 unspecified atom stereocenters. The van der Waals surface area contributed by atoms with Crippen LogP contribution >= 0.6 is 0 Å². The lowest BCUT2D eigenvalue weighted by molar-refractivity contribution is 0.226. The Kier molecular flexibility index (Phi) is 4.78. The third-order valence-corrected chi connectivity index (χ3v) is 3.85. The van der Waals surface area contributed by atoms with Crippen LogP contribution in [-0.4, -0.2) is 40.4 Å². The van der Waals surface area contributed by atoms with E-state index in [0.29, 0.717) is 6.04 Å². The van der Waals surface area contributed by atoms with Crippen molar-refractivity contribution in [2.45, 2.75) is 45.7 Å². The second-order valence-electron chi connectivity index (χ2n) is 5.39. The smallest absolute Gasteiger partial charge is 0.0638 e. The number of likely N-dealkylation sites (N-methyl/N-ethyl adjacent to an activating group) is 1. The standard InChI is InChI=1S/C14H26N4/c1-4-18(11-14-7-5-6-8-15-14)10-13-9-17(3)16-12(13)2/h9,14-15H,4-8,10-11H2,1-3H3. The number of piperidine rings is 1. The maximum absolute atomic E-state index is 4.42. The van der Waals surface area contributed by atoms with Crippen LogP contribution in [0, 0.1) is 6.92 Å². The van der Waals surface area contributed by atoms with Crippen molar-refractivity contribution in [2.24, 2.45) is 7.05 Å². The Balaban J connectivity index is 1.90. The lowest BCUT2D eigenvalue weighted by Gasteiger charge is -2.29. The van der Waals surface area contributed by atoms with Crippen LogP contribution in [0.25, 0.3) is 0 Å². The van der Waals surface area contributed by atoms with Crippen LogP contribution in [0.1, 0.15) is 37.4 Å². The normalized spacial score (nSPS) is 20.6. The molecule has 0 saturated carbocycles. The summed E-state index contributed by atoms with van der Waals surface area (Å²) >= 11 is 0. The van der Waals surface area contributed by atoms with E-state index < -0.39 is 0 Å². The van der Waals surface area contributed by atoms with Gasteiger partial charge in [-0.15, -0.1) is 0 Å². The van der Waals surface area contributed by atoms with Crippen LogP contribution in [0.4, 0.5) is 0 Å². The van der Waals surface area contributed by atoms with Crippen molar-refractivity contribution < 1.29 is 0 Å². The summed E-state index contributed by atoms with van der Waals surface area (Å²) in [4.78, 5) is 2.52. The molecular weight excluding hydrogens is 224 g/mol. The van der Waals surface area contributed by atoms with Gasteiger partial charge < -0.3 is 5.32 Å². The Labute approximate surface area is 110 Å². The minimum absolute atomic E-state index is 0.677. The summed E-state index contributed by atoms with van der Waals surface area (Å²) in [6, 6.07) is 0.677. The molecule has 0 amide bonds. The molecular formula is C14H26N4. The highest BCUT2D eigenvalue weighted by atomic mass is 15.3. The molecule has 2 rings (SSSR count). The molecule has 1 aromatic heterocycles. The number of nitrogens with one attached hydrogen (secondary N) is 1. The first-order chi connectivity index (χ1) is 8.69. The van der Waals surface area contributed by atoms with Gasteiger partial charge in [0.05, 0.1) is 5.69 Å². The third-order valence-electron chi connectivity index (χ3n) is 3.85. The molecule has 0 spiro atoms. The van der Waals surface area contributed by atoms with Crippen molar-refractivity contribution in [3.05, 3.63) is 17.5 Å². The Bertz CT molecular complexity index is 366. The second-order valence-corrected chi connectivity index (χ2v) is 5.39. The van der Waals surface area contributed by atoms with Gasteiger partial charge in [0.1, 0.15) is 0 Å². The topological polar surface area (TPSA) is 33.1 Å². The molecule has 0 aliphatic carbocycles. The van der Waals surface area contributed by atoms with Crippen LogP contribution < -0.4 is 5.32 Å². The first-order valence-corrected chi connectivity index (χ1v) is 7.14. The number of hydrogen-bond acceptors (Lipinski definition) is 3. The number of nitrogens with zero attached hydrogens (tertiary/aromatic N) is 3. The van der Waals surface area contributed by atoms with Crippen molar-refractivity contribution >= 4 is 0 Å². The Morgan fingerprint density at radius 2 is 2.33 bits per heavy atom. The molecule has 4 nitrogen and oxygen atoms in total. The molecule has 1 fully saturated rings. The molecule has 18 heavy (non-hydrogen) atoms. The maximum Gasteiger partial charge on any atom is 0.0638 e. The van der Waals surface area contributed by atoms with Crippen molar-refractivity contribution in [2.75, 3.05) is 19.6 Å². The van der Waals surface area contributed by atoms with E-state index in [1.807, 2.05) is 11.7 Å². The zero-order chi connectivity index (χ0) is 13.0. The highest BCUT2D eigenvalue weighted by Crippen LogP contribution is 2.12. The molecule has 0 radical (unpaired) electrons. The van der Waals surface area contributed by atoms with Crippen molar-refractivity contribution in [1.29, 1.82) is 0 Å². The lowest BCUT2D eigenvalue weighted by Crippen LogP contribution is -2.43. The SMILES string of the molecule is CCN(Cc1cn(C)nc1C)CC1CCCCN1. The van der Waals surface area contributed by atoms with Gasteiger partial charge in [0.25, 0.3) is 0 Å². The average molecular weight is 250 g/mol. The molecule has 102 valence electrons. The van der Waals surface area contributed by atoms with E-state index in [9.17, 15) is 0 Å². The van der Waals surface area contributed by atoms with Gasteiger partial charge in [0.15, 0.2) is 0 Å². The van der Waals surface area contributed by atoms with E-state index in [1.54, 1.807) is 0 Å². The quantitative estimate of drug-likeness (QED) is 0.863. The number of aromatic nitrogens is 2. The zero-order valence-electron chi connectivity index (χ0n) is 11.9. The van der Waals surface area contributed by atoms with Crippen molar-refractivity contribution in [1.82, 2.24) is 20.0 Å². The van der Waals surface area contributed by atoms with E-state index in [-0.39, 0.29) is 0 Å². The summed E-state index contributed by atoms with van der Waals surface area (Å²) in [5.74, 6) is 0. The lowest BCUT2D eigenvalue weighted by atomic mass is 10.0. The minimum Gasteiger partial charge on any atom is -0.313 e. The second kappa shape index (κ2) is 6.34. The molecule has 1 saturated heterocycles. The fourth-order valence-corrected chi connectivity index (χ4v) is 2.74. The molecule has 1 atom stereocenters. The van der Waals surface area contributed by atoms with Crippen LogP contribution in [0.3, 0.4) is 0 Å². The van der Waals surface area contributed by atoms with E-state index in [0.717, 1.165) is 25.3 Å². The minimum atomic E-state index is 0.677. The van der Waals surface area contributed by atoms with Crippen molar-refractivity contribution in [3.63, 3.8) is 0 Å². The van der Waals surface area contributed by atoms with E-state index in [1.165, 1.54) is 31.4 Å². The van der Waals surface area contributed by atoms with E-state index in [2.05, 4.69) is 35.4 Å². The van der Waals surface area contributed by atoms with Crippen LogP contribution in [0.2, 0.25) is 0 Å². The third kappa shape index (κ3) is 3.56. The van der Waals surface area contributed by atoms with Crippen LogP contribution in [0.5, 0.6) is 0 Å². The molecule has 1 aliphatic heterocycles. The fraction of sp³-hybridized carbons (Fsp3) is 0.786. The summed E-state index contributed by atoms with van der Waals surface area (Å²) in [5, 5.41) is 8.05.